The molecule has 4 aromatic rings. The Labute approximate surface area is 176 Å². The van der Waals surface area contributed by atoms with Crippen molar-refractivity contribution in [2.24, 2.45) is 0 Å². The number of likely N-dealkylation sites (tertiary alicyclic amines) is 1. The molecule has 158 valence electrons. The average Bonchev–Trinajstić information content (AvgIpc) is 3.40. The van der Waals surface area contributed by atoms with E-state index in [0.717, 1.165) is 41.9 Å². The van der Waals surface area contributed by atoms with E-state index in [0.29, 0.717) is 16.8 Å². The highest BCUT2D eigenvalue weighted by Gasteiger charge is 2.21. The molecule has 1 aliphatic rings. The number of fused-ring (bicyclic) bond motifs is 1. The van der Waals surface area contributed by atoms with Crippen LogP contribution in [0, 0.1) is 11.6 Å². The first-order valence-electron chi connectivity index (χ1n) is 10.0. The molecule has 0 spiro atoms. The summed E-state index contributed by atoms with van der Waals surface area (Å²) in [5.41, 5.74) is 7.25. The van der Waals surface area contributed by atoms with E-state index in [4.69, 9.17) is 5.73 Å². The van der Waals surface area contributed by atoms with E-state index < -0.39 is 22.9 Å². The maximum absolute atomic E-state index is 14.5. The molecule has 0 unspecified atom stereocenters. The first-order valence-corrected chi connectivity index (χ1v) is 10.0. The zero-order chi connectivity index (χ0) is 21.5. The highest BCUT2D eigenvalue weighted by molar-refractivity contribution is 5.97. The fourth-order valence-electron chi connectivity index (χ4n) is 4.14. The predicted molar refractivity (Wildman–Crippen MR) is 114 cm³/mol. The number of pyridine rings is 2. The van der Waals surface area contributed by atoms with Gasteiger partial charge in [-0.2, -0.15) is 5.10 Å². The fourth-order valence-corrected chi connectivity index (χ4v) is 4.14. The Morgan fingerprint density at radius 2 is 1.87 bits per heavy atom. The molecule has 9 heteroatoms. The van der Waals surface area contributed by atoms with Crippen molar-refractivity contribution in [3.05, 3.63) is 70.3 Å². The minimum Gasteiger partial charge on any atom is -0.382 e. The fraction of sp³-hybridized carbons (Fsp3) is 0.227. The number of halogens is 2. The highest BCUT2D eigenvalue weighted by Crippen LogP contribution is 2.29. The van der Waals surface area contributed by atoms with Gasteiger partial charge in [0.05, 0.1) is 11.2 Å². The van der Waals surface area contributed by atoms with Crippen LogP contribution in [0.25, 0.3) is 27.8 Å². The van der Waals surface area contributed by atoms with Crippen LogP contribution in [0.4, 0.5) is 14.6 Å². The second-order valence-electron chi connectivity index (χ2n) is 7.68. The Kier molecular flexibility index (Phi) is 4.74. The summed E-state index contributed by atoms with van der Waals surface area (Å²) in [7, 11) is 0. The van der Waals surface area contributed by atoms with Gasteiger partial charge in [-0.1, -0.05) is 6.07 Å². The largest absolute Gasteiger partial charge is 0.382 e. The minimum absolute atomic E-state index is 0.0411. The third kappa shape index (κ3) is 3.36. The normalized spacial score (nSPS) is 14.5. The molecule has 31 heavy (non-hydrogen) atoms. The number of anilines is 1. The van der Waals surface area contributed by atoms with Crippen LogP contribution in [-0.2, 0) is 6.54 Å². The van der Waals surface area contributed by atoms with Crippen molar-refractivity contribution in [2.75, 3.05) is 18.8 Å². The molecule has 1 aliphatic heterocycles. The van der Waals surface area contributed by atoms with Gasteiger partial charge in [-0.3, -0.25) is 24.3 Å². The molecule has 7 nitrogen and oxygen atoms in total. The summed E-state index contributed by atoms with van der Waals surface area (Å²) in [5, 5.41) is 6.78. The van der Waals surface area contributed by atoms with E-state index >= 15 is 0 Å². The summed E-state index contributed by atoms with van der Waals surface area (Å²) in [6.45, 7) is 2.89. The third-order valence-electron chi connectivity index (χ3n) is 5.64. The van der Waals surface area contributed by atoms with E-state index in [9.17, 15) is 13.6 Å². The minimum atomic E-state index is -0.856. The molecular formula is C22H20F2N6O. The van der Waals surface area contributed by atoms with Crippen molar-refractivity contribution < 1.29 is 8.78 Å². The van der Waals surface area contributed by atoms with Crippen LogP contribution in [0.1, 0.15) is 18.4 Å². The van der Waals surface area contributed by atoms with Crippen LogP contribution < -0.4 is 11.3 Å². The number of aromatic amines is 1. The van der Waals surface area contributed by atoms with Crippen molar-refractivity contribution in [1.29, 1.82) is 0 Å². The summed E-state index contributed by atoms with van der Waals surface area (Å²) in [6, 6.07) is 7.29. The average molecular weight is 422 g/mol. The van der Waals surface area contributed by atoms with E-state index in [1.54, 1.807) is 6.20 Å². The summed E-state index contributed by atoms with van der Waals surface area (Å²) in [6.07, 6.45) is 5.44. The van der Waals surface area contributed by atoms with Gasteiger partial charge in [0.2, 0.25) is 0 Å². The molecule has 1 saturated heterocycles. The number of H-pyrrole nitrogens is 1. The van der Waals surface area contributed by atoms with E-state index in [1.165, 1.54) is 25.1 Å². The van der Waals surface area contributed by atoms with Crippen LogP contribution >= 0.6 is 0 Å². The number of benzene rings is 1. The predicted octanol–water partition coefficient (Wildman–Crippen LogP) is 3.23. The Balaban J connectivity index is 1.71. The van der Waals surface area contributed by atoms with Crippen molar-refractivity contribution >= 4 is 16.7 Å². The third-order valence-corrected chi connectivity index (χ3v) is 5.64. The van der Waals surface area contributed by atoms with Crippen molar-refractivity contribution in [3.63, 3.8) is 0 Å². The van der Waals surface area contributed by atoms with Gasteiger partial charge in [-0.15, -0.1) is 0 Å². The summed E-state index contributed by atoms with van der Waals surface area (Å²) in [5.74, 6) is -1.75. The lowest BCUT2D eigenvalue weighted by Crippen LogP contribution is -2.21. The number of nitrogens with one attached hydrogen (secondary N) is 1. The maximum atomic E-state index is 14.5. The molecular weight excluding hydrogens is 402 g/mol. The van der Waals surface area contributed by atoms with Gasteiger partial charge in [0.25, 0.3) is 5.56 Å². The lowest BCUT2D eigenvalue weighted by Gasteiger charge is -2.15. The first-order chi connectivity index (χ1) is 15.0. The van der Waals surface area contributed by atoms with Crippen LogP contribution in [-0.4, -0.2) is 37.7 Å². The topological polar surface area (TPSA) is 92.8 Å². The molecule has 0 aliphatic carbocycles. The smallest absolute Gasteiger partial charge is 0.268 e. The second-order valence-corrected chi connectivity index (χ2v) is 7.68. The number of rotatable bonds is 4. The standard InChI is InChI=1S/C22H20F2N6O/c23-15-4-3-5-16(24)20(15)30-12-14(19-18(22(30)31)21(25)28-27-19)17-10-13(6-7-26-17)11-29-8-1-2-9-29/h3-7,10,12H,1-2,8-9,11H2,(H3,25,27,28). The Hall–Kier alpha value is -3.59. The Bertz CT molecular complexity index is 1320. The number of para-hydroxylation sites is 1. The van der Waals surface area contributed by atoms with Gasteiger partial charge in [-0.05, 0) is 55.8 Å². The number of hydrogen-bond acceptors (Lipinski definition) is 5. The van der Waals surface area contributed by atoms with Gasteiger partial charge >= 0.3 is 0 Å². The van der Waals surface area contributed by atoms with Crippen LogP contribution in [0.2, 0.25) is 0 Å². The van der Waals surface area contributed by atoms with E-state index in [2.05, 4.69) is 20.1 Å². The summed E-state index contributed by atoms with van der Waals surface area (Å²) < 4.78 is 29.9. The van der Waals surface area contributed by atoms with Gasteiger partial charge in [0.1, 0.15) is 22.7 Å². The molecule has 4 heterocycles. The molecule has 5 rings (SSSR count). The second kappa shape index (κ2) is 7.59. The molecule has 0 bridgehead atoms. The maximum Gasteiger partial charge on any atom is 0.268 e. The SMILES string of the molecule is Nc1n[nH]c2c(-c3cc(CN4CCCC4)ccn3)cn(-c3c(F)cccc3F)c(=O)c12. The molecule has 1 fully saturated rings. The molecule has 0 saturated carbocycles. The number of nitrogen functional groups attached to an aromatic ring is 1. The van der Waals surface area contributed by atoms with Gasteiger partial charge < -0.3 is 5.73 Å². The Morgan fingerprint density at radius 3 is 2.61 bits per heavy atom. The van der Waals surface area contributed by atoms with Crippen LogP contribution in [0.3, 0.4) is 0 Å². The molecule has 0 radical (unpaired) electrons. The number of aromatic nitrogens is 4. The van der Waals surface area contributed by atoms with E-state index in [1.807, 2.05) is 12.1 Å². The number of nitrogens with two attached hydrogens (primary N) is 1. The lowest BCUT2D eigenvalue weighted by molar-refractivity contribution is 0.331. The summed E-state index contributed by atoms with van der Waals surface area (Å²) in [4.78, 5) is 19.9. The van der Waals surface area contributed by atoms with Crippen molar-refractivity contribution in [2.45, 2.75) is 19.4 Å². The molecule has 3 aromatic heterocycles. The molecule has 0 amide bonds. The number of hydrogen-bond donors (Lipinski definition) is 2. The quantitative estimate of drug-likeness (QED) is 0.527. The zero-order valence-electron chi connectivity index (χ0n) is 16.6. The van der Waals surface area contributed by atoms with Crippen LogP contribution in [0.5, 0.6) is 0 Å². The first kappa shape index (κ1) is 19.4. The molecule has 1 aromatic carbocycles. The number of nitrogens with zero attached hydrogens (tertiary/aromatic N) is 4. The lowest BCUT2D eigenvalue weighted by atomic mass is 10.1. The molecule has 3 N–H and O–H groups in total. The highest BCUT2D eigenvalue weighted by atomic mass is 19.1. The van der Waals surface area contributed by atoms with Gasteiger partial charge in [0.15, 0.2) is 5.82 Å². The van der Waals surface area contributed by atoms with Gasteiger partial charge in [-0.25, -0.2) is 8.78 Å². The van der Waals surface area contributed by atoms with Gasteiger partial charge in [0, 0.05) is 24.5 Å². The summed E-state index contributed by atoms with van der Waals surface area (Å²) >= 11 is 0. The molecule has 0 atom stereocenters. The zero-order valence-corrected chi connectivity index (χ0v) is 16.6. The van der Waals surface area contributed by atoms with Crippen molar-refractivity contribution in [3.8, 4) is 16.9 Å². The van der Waals surface area contributed by atoms with Crippen LogP contribution in [0.15, 0.2) is 47.5 Å². The Morgan fingerprint density at radius 1 is 1.13 bits per heavy atom. The van der Waals surface area contributed by atoms with Crippen molar-refractivity contribution in [1.82, 2.24) is 24.6 Å². The van der Waals surface area contributed by atoms with E-state index in [-0.39, 0.29) is 11.2 Å². The monoisotopic (exact) mass is 422 g/mol.